The highest BCUT2D eigenvalue weighted by atomic mass is 35.5. The van der Waals surface area contributed by atoms with Crippen LogP contribution in [0.25, 0.3) is 10.4 Å². The SMILES string of the molecule is CC(C)(C)OC(=O)N1CCC(Oc2cccc(-c3ccc(C(=O)Nc4ccc(Cl)cc4)s3)c2)CC1. The zero-order valence-electron chi connectivity index (χ0n) is 20.0. The minimum absolute atomic E-state index is 0.0352. The Kier molecular flexibility index (Phi) is 7.67. The van der Waals surface area contributed by atoms with Crippen LogP contribution in [0.1, 0.15) is 43.3 Å². The van der Waals surface area contributed by atoms with Gasteiger partial charge in [-0.15, -0.1) is 11.3 Å². The fraction of sp³-hybridized carbons (Fsp3) is 0.333. The van der Waals surface area contributed by atoms with Gasteiger partial charge >= 0.3 is 6.09 Å². The van der Waals surface area contributed by atoms with Gasteiger partial charge in [0.2, 0.25) is 0 Å². The molecule has 4 rings (SSSR count). The number of piperidine rings is 1. The molecule has 8 heteroatoms. The van der Waals surface area contributed by atoms with Gasteiger partial charge in [0.25, 0.3) is 5.91 Å². The predicted molar refractivity (Wildman–Crippen MR) is 141 cm³/mol. The number of amides is 2. The van der Waals surface area contributed by atoms with E-state index < -0.39 is 5.60 Å². The third-order valence-corrected chi connectivity index (χ3v) is 6.83. The van der Waals surface area contributed by atoms with E-state index in [1.54, 1.807) is 29.2 Å². The Bertz CT molecular complexity index is 1180. The van der Waals surface area contributed by atoms with E-state index in [1.165, 1.54) is 11.3 Å². The van der Waals surface area contributed by atoms with Crippen LogP contribution in [0.2, 0.25) is 5.02 Å². The first-order valence-corrected chi connectivity index (χ1v) is 12.8. The molecule has 6 nitrogen and oxygen atoms in total. The highest BCUT2D eigenvalue weighted by molar-refractivity contribution is 7.17. The van der Waals surface area contributed by atoms with Crippen LogP contribution in [0.4, 0.5) is 10.5 Å². The Hall–Kier alpha value is -3.03. The Morgan fingerprint density at radius 2 is 1.74 bits per heavy atom. The van der Waals surface area contributed by atoms with Gasteiger partial charge in [0.15, 0.2) is 0 Å². The number of nitrogens with zero attached hydrogens (tertiary/aromatic N) is 1. The van der Waals surface area contributed by atoms with Crippen LogP contribution in [0.15, 0.2) is 60.7 Å². The summed E-state index contributed by atoms with van der Waals surface area (Å²) in [5.74, 6) is 0.617. The molecule has 2 amide bonds. The lowest BCUT2D eigenvalue weighted by atomic mass is 10.1. The maximum absolute atomic E-state index is 12.6. The summed E-state index contributed by atoms with van der Waals surface area (Å²) in [7, 11) is 0. The molecule has 3 aromatic rings. The van der Waals surface area contributed by atoms with E-state index in [0.29, 0.717) is 28.7 Å². The summed E-state index contributed by atoms with van der Waals surface area (Å²) in [5.41, 5.74) is 1.19. The first-order chi connectivity index (χ1) is 16.7. The normalized spacial score (nSPS) is 14.5. The number of hydrogen-bond donors (Lipinski definition) is 1. The second-order valence-corrected chi connectivity index (χ2v) is 11.0. The van der Waals surface area contributed by atoms with E-state index in [1.807, 2.05) is 57.2 Å². The number of carbonyl (C=O) groups excluding carboxylic acids is 2. The van der Waals surface area contributed by atoms with Crippen molar-refractivity contribution in [3.63, 3.8) is 0 Å². The van der Waals surface area contributed by atoms with Crippen molar-refractivity contribution in [3.05, 3.63) is 70.6 Å². The van der Waals surface area contributed by atoms with Crippen molar-refractivity contribution in [1.82, 2.24) is 4.90 Å². The lowest BCUT2D eigenvalue weighted by Crippen LogP contribution is -2.44. The molecule has 184 valence electrons. The van der Waals surface area contributed by atoms with Gasteiger partial charge in [-0.1, -0.05) is 23.7 Å². The number of thiophene rings is 1. The average molecular weight is 513 g/mol. The van der Waals surface area contributed by atoms with Gasteiger partial charge < -0.3 is 19.7 Å². The van der Waals surface area contributed by atoms with E-state index in [4.69, 9.17) is 21.1 Å². The second kappa shape index (κ2) is 10.7. The number of ether oxygens (including phenoxy) is 2. The Morgan fingerprint density at radius 3 is 2.43 bits per heavy atom. The van der Waals surface area contributed by atoms with E-state index in [-0.39, 0.29) is 18.1 Å². The van der Waals surface area contributed by atoms with Gasteiger partial charge in [-0.05, 0) is 74.9 Å². The summed E-state index contributed by atoms with van der Waals surface area (Å²) < 4.78 is 11.7. The molecule has 0 saturated carbocycles. The first kappa shape index (κ1) is 25.1. The van der Waals surface area contributed by atoms with Crippen molar-refractivity contribution in [1.29, 1.82) is 0 Å². The van der Waals surface area contributed by atoms with E-state index in [2.05, 4.69) is 5.32 Å². The lowest BCUT2D eigenvalue weighted by molar-refractivity contribution is 0.0126. The summed E-state index contributed by atoms with van der Waals surface area (Å²) >= 11 is 7.34. The molecular weight excluding hydrogens is 484 g/mol. The monoisotopic (exact) mass is 512 g/mol. The van der Waals surface area contributed by atoms with E-state index in [9.17, 15) is 9.59 Å². The zero-order valence-corrected chi connectivity index (χ0v) is 21.6. The van der Waals surface area contributed by atoms with Gasteiger partial charge in [0.05, 0.1) is 4.88 Å². The number of benzene rings is 2. The number of carbonyl (C=O) groups is 2. The highest BCUT2D eigenvalue weighted by Crippen LogP contribution is 2.32. The molecule has 1 fully saturated rings. The van der Waals surface area contributed by atoms with Crippen LogP contribution in [-0.2, 0) is 4.74 Å². The van der Waals surface area contributed by atoms with E-state index in [0.717, 1.165) is 29.0 Å². The molecular formula is C27H29ClN2O4S. The standard InChI is InChI=1S/C27H29ClN2O4S/c1-27(2,3)34-26(32)30-15-13-21(14-16-30)33-22-6-4-5-18(17-22)23-11-12-24(35-23)25(31)29-20-9-7-19(28)8-10-20/h4-12,17,21H,13-16H2,1-3H3,(H,29,31). The van der Waals surface area contributed by atoms with Crippen LogP contribution in [-0.4, -0.2) is 41.7 Å². The van der Waals surface area contributed by atoms with Crippen LogP contribution in [0, 0.1) is 0 Å². The van der Waals surface area contributed by atoms with Gasteiger partial charge in [-0.3, -0.25) is 4.79 Å². The van der Waals surface area contributed by atoms with Crippen LogP contribution >= 0.6 is 22.9 Å². The fourth-order valence-electron chi connectivity index (χ4n) is 3.74. The van der Waals surface area contributed by atoms with Crippen LogP contribution < -0.4 is 10.1 Å². The number of likely N-dealkylation sites (tertiary alicyclic amines) is 1. The van der Waals surface area contributed by atoms with Crippen LogP contribution in [0.3, 0.4) is 0 Å². The number of rotatable bonds is 5. The number of nitrogens with one attached hydrogen (secondary N) is 1. The molecule has 1 aliphatic heterocycles. The molecule has 0 bridgehead atoms. The van der Waals surface area contributed by atoms with Gasteiger partial charge in [0.1, 0.15) is 17.5 Å². The molecule has 1 aromatic heterocycles. The number of anilines is 1. The lowest BCUT2D eigenvalue weighted by Gasteiger charge is -2.33. The molecule has 0 unspecified atom stereocenters. The maximum atomic E-state index is 12.6. The molecule has 1 aliphatic rings. The Morgan fingerprint density at radius 1 is 1.03 bits per heavy atom. The average Bonchev–Trinajstić information content (AvgIpc) is 3.31. The zero-order chi connectivity index (χ0) is 25.0. The summed E-state index contributed by atoms with van der Waals surface area (Å²) in [6.45, 7) is 6.83. The van der Waals surface area contributed by atoms with Gasteiger partial charge in [-0.25, -0.2) is 4.79 Å². The number of halogens is 1. The molecule has 35 heavy (non-hydrogen) atoms. The second-order valence-electron chi connectivity index (χ2n) is 9.44. The Balaban J connectivity index is 1.34. The van der Waals surface area contributed by atoms with Gasteiger partial charge in [-0.2, -0.15) is 0 Å². The third-order valence-electron chi connectivity index (χ3n) is 5.45. The molecule has 1 N–H and O–H groups in total. The molecule has 1 saturated heterocycles. The molecule has 0 spiro atoms. The van der Waals surface area contributed by atoms with Crippen molar-refractivity contribution in [2.75, 3.05) is 18.4 Å². The van der Waals surface area contributed by atoms with Crippen LogP contribution in [0.5, 0.6) is 5.75 Å². The van der Waals surface area contributed by atoms with Crippen molar-refractivity contribution >= 4 is 40.6 Å². The summed E-state index contributed by atoms with van der Waals surface area (Å²) in [5, 5.41) is 3.51. The molecule has 2 heterocycles. The molecule has 0 aliphatic carbocycles. The predicted octanol–water partition coefficient (Wildman–Crippen LogP) is 7.10. The van der Waals surface area contributed by atoms with Crippen molar-refractivity contribution in [2.24, 2.45) is 0 Å². The summed E-state index contributed by atoms with van der Waals surface area (Å²) in [6.07, 6.45) is 1.26. The largest absolute Gasteiger partial charge is 0.490 e. The highest BCUT2D eigenvalue weighted by Gasteiger charge is 2.27. The van der Waals surface area contributed by atoms with Crippen molar-refractivity contribution in [2.45, 2.75) is 45.3 Å². The Labute approximate surface area is 214 Å². The summed E-state index contributed by atoms with van der Waals surface area (Å²) in [4.78, 5) is 28.2. The topological polar surface area (TPSA) is 67.9 Å². The fourth-order valence-corrected chi connectivity index (χ4v) is 4.76. The summed E-state index contributed by atoms with van der Waals surface area (Å²) in [6, 6.07) is 18.7. The third kappa shape index (κ3) is 6.99. The van der Waals surface area contributed by atoms with Crippen molar-refractivity contribution in [3.8, 4) is 16.2 Å². The molecule has 2 aromatic carbocycles. The quantitative estimate of drug-likeness (QED) is 0.396. The maximum Gasteiger partial charge on any atom is 0.410 e. The van der Waals surface area contributed by atoms with Crippen molar-refractivity contribution < 1.29 is 19.1 Å². The molecule has 0 radical (unpaired) electrons. The smallest absolute Gasteiger partial charge is 0.410 e. The first-order valence-electron chi connectivity index (χ1n) is 11.6. The minimum atomic E-state index is -0.497. The molecule has 0 atom stereocenters. The van der Waals surface area contributed by atoms with E-state index >= 15 is 0 Å². The van der Waals surface area contributed by atoms with Gasteiger partial charge in [0, 0.05) is 41.5 Å². The minimum Gasteiger partial charge on any atom is -0.490 e. The number of hydrogen-bond acceptors (Lipinski definition) is 5.